The number of amides is 1. The second-order valence-corrected chi connectivity index (χ2v) is 11.0. The van der Waals surface area contributed by atoms with Gasteiger partial charge in [-0.2, -0.15) is 4.31 Å². The number of aromatic nitrogens is 2. The molecule has 2 aromatic carbocycles. The smallest absolute Gasteiger partial charge is 0.253 e. The summed E-state index contributed by atoms with van der Waals surface area (Å²) >= 11 is 0. The number of rotatable bonds is 4. The molecule has 5 rings (SSSR count). The third-order valence-electron chi connectivity index (χ3n) is 6.79. The minimum Gasteiger partial charge on any atom is -0.342 e. The Morgan fingerprint density at radius 1 is 0.939 bits per heavy atom. The van der Waals surface area contributed by atoms with Crippen molar-refractivity contribution in [3.63, 3.8) is 0 Å². The van der Waals surface area contributed by atoms with E-state index in [1.807, 2.05) is 29.2 Å². The lowest BCUT2D eigenvalue weighted by Gasteiger charge is -2.32. The molecule has 0 radical (unpaired) electrons. The van der Waals surface area contributed by atoms with Crippen LogP contribution in [0.3, 0.4) is 0 Å². The van der Waals surface area contributed by atoms with Gasteiger partial charge in [-0.25, -0.2) is 13.4 Å². The molecule has 2 aliphatic heterocycles. The summed E-state index contributed by atoms with van der Waals surface area (Å²) < 4.78 is 28.0. The zero-order valence-electron chi connectivity index (χ0n) is 18.7. The molecule has 174 valence electrons. The number of para-hydroxylation sites is 2. The summed E-state index contributed by atoms with van der Waals surface area (Å²) in [4.78, 5) is 23.5. The fourth-order valence-corrected chi connectivity index (χ4v) is 6.52. The summed E-state index contributed by atoms with van der Waals surface area (Å²) in [7, 11) is -3.59. The molecule has 2 saturated heterocycles. The van der Waals surface area contributed by atoms with Gasteiger partial charge in [0.15, 0.2) is 0 Å². The van der Waals surface area contributed by atoms with Crippen molar-refractivity contribution < 1.29 is 13.2 Å². The molecule has 0 bridgehead atoms. The van der Waals surface area contributed by atoms with Crippen molar-refractivity contribution in [1.82, 2.24) is 19.2 Å². The van der Waals surface area contributed by atoms with Crippen LogP contribution in [0.15, 0.2) is 53.4 Å². The van der Waals surface area contributed by atoms with E-state index in [1.165, 1.54) is 0 Å². The number of fused-ring (bicyclic) bond motifs is 1. The third-order valence-corrected chi connectivity index (χ3v) is 8.68. The van der Waals surface area contributed by atoms with Gasteiger partial charge in [0, 0.05) is 37.7 Å². The van der Waals surface area contributed by atoms with Crippen molar-refractivity contribution in [1.29, 1.82) is 0 Å². The molecule has 7 nitrogen and oxygen atoms in total. The molecule has 3 heterocycles. The number of aromatic amines is 1. The number of hydrogen-bond donors (Lipinski definition) is 1. The average molecular weight is 467 g/mol. The van der Waals surface area contributed by atoms with Crippen LogP contribution in [-0.2, 0) is 10.0 Å². The van der Waals surface area contributed by atoms with Gasteiger partial charge < -0.3 is 9.88 Å². The SMILES string of the molecule is O=C(c1cccc(S(=O)(=O)N2CCCCCC2)c1)N1CCCC(c2nc3ccccc3[nH]2)C1. The zero-order valence-corrected chi connectivity index (χ0v) is 19.6. The van der Waals surface area contributed by atoms with Crippen LogP contribution in [-0.4, -0.2) is 59.7 Å². The topological polar surface area (TPSA) is 86.4 Å². The molecule has 8 heteroatoms. The Hall–Kier alpha value is -2.71. The van der Waals surface area contributed by atoms with Gasteiger partial charge in [0.25, 0.3) is 5.91 Å². The maximum Gasteiger partial charge on any atom is 0.253 e. The van der Waals surface area contributed by atoms with Gasteiger partial charge in [0.05, 0.1) is 15.9 Å². The van der Waals surface area contributed by atoms with Gasteiger partial charge in [-0.05, 0) is 56.0 Å². The lowest BCUT2D eigenvalue weighted by molar-refractivity contribution is 0.0704. The van der Waals surface area contributed by atoms with Gasteiger partial charge >= 0.3 is 0 Å². The third kappa shape index (κ3) is 4.54. The van der Waals surface area contributed by atoms with Crippen molar-refractivity contribution in [2.24, 2.45) is 0 Å². The quantitative estimate of drug-likeness (QED) is 0.626. The lowest BCUT2D eigenvalue weighted by Crippen LogP contribution is -2.39. The molecule has 1 aromatic heterocycles. The summed E-state index contributed by atoms with van der Waals surface area (Å²) in [5, 5.41) is 0. The fourth-order valence-electron chi connectivity index (χ4n) is 4.95. The number of likely N-dealkylation sites (tertiary alicyclic amines) is 1. The molecule has 1 atom stereocenters. The predicted molar refractivity (Wildman–Crippen MR) is 128 cm³/mol. The fraction of sp³-hybridized carbons (Fsp3) is 0.440. The van der Waals surface area contributed by atoms with E-state index in [-0.39, 0.29) is 16.7 Å². The van der Waals surface area contributed by atoms with E-state index < -0.39 is 10.0 Å². The van der Waals surface area contributed by atoms with Crippen LogP contribution in [0.4, 0.5) is 0 Å². The number of benzene rings is 2. The molecule has 33 heavy (non-hydrogen) atoms. The van der Waals surface area contributed by atoms with Gasteiger partial charge in [0.2, 0.25) is 10.0 Å². The molecule has 0 spiro atoms. The van der Waals surface area contributed by atoms with Crippen molar-refractivity contribution in [3.05, 3.63) is 59.9 Å². The number of imidazole rings is 1. The first kappa shape index (κ1) is 22.1. The van der Waals surface area contributed by atoms with Crippen LogP contribution in [0, 0.1) is 0 Å². The van der Waals surface area contributed by atoms with Crippen molar-refractivity contribution in [3.8, 4) is 0 Å². The molecule has 1 amide bonds. The van der Waals surface area contributed by atoms with E-state index in [0.717, 1.165) is 55.4 Å². The van der Waals surface area contributed by atoms with Crippen molar-refractivity contribution >= 4 is 27.0 Å². The maximum atomic E-state index is 13.3. The first-order valence-electron chi connectivity index (χ1n) is 11.9. The highest BCUT2D eigenvalue weighted by atomic mass is 32.2. The number of hydrogen-bond acceptors (Lipinski definition) is 4. The van der Waals surface area contributed by atoms with Gasteiger partial charge in [-0.15, -0.1) is 0 Å². The van der Waals surface area contributed by atoms with E-state index in [2.05, 4.69) is 4.98 Å². The number of nitrogens with one attached hydrogen (secondary N) is 1. The molecule has 2 aliphatic rings. The molecule has 3 aromatic rings. The second-order valence-electron chi connectivity index (χ2n) is 9.08. The Morgan fingerprint density at radius 2 is 1.73 bits per heavy atom. The average Bonchev–Trinajstić information content (AvgIpc) is 3.09. The minimum absolute atomic E-state index is 0.122. The number of piperidine rings is 1. The van der Waals surface area contributed by atoms with Gasteiger partial charge in [0.1, 0.15) is 5.82 Å². The Bertz CT molecular complexity index is 1210. The van der Waals surface area contributed by atoms with Crippen molar-refractivity contribution in [2.45, 2.75) is 49.3 Å². The normalized spacial score (nSPS) is 20.6. The Morgan fingerprint density at radius 3 is 2.52 bits per heavy atom. The van der Waals surface area contributed by atoms with E-state index >= 15 is 0 Å². The highest BCUT2D eigenvalue weighted by Crippen LogP contribution is 2.28. The van der Waals surface area contributed by atoms with Crippen molar-refractivity contribution in [2.75, 3.05) is 26.2 Å². The molecular formula is C25H30N4O3S. The monoisotopic (exact) mass is 466 g/mol. The van der Waals surface area contributed by atoms with Crippen LogP contribution >= 0.6 is 0 Å². The van der Waals surface area contributed by atoms with Gasteiger partial charge in [-0.3, -0.25) is 4.79 Å². The minimum atomic E-state index is -3.59. The molecule has 1 N–H and O–H groups in total. The summed E-state index contributed by atoms with van der Waals surface area (Å²) in [5.41, 5.74) is 2.36. The van der Waals surface area contributed by atoms with Crippen LogP contribution < -0.4 is 0 Å². The number of carbonyl (C=O) groups excluding carboxylic acids is 1. The second kappa shape index (κ2) is 9.27. The number of sulfonamides is 1. The van der Waals surface area contributed by atoms with Gasteiger partial charge in [-0.1, -0.05) is 31.0 Å². The first-order chi connectivity index (χ1) is 16.0. The van der Waals surface area contributed by atoms with E-state index in [4.69, 9.17) is 4.98 Å². The molecule has 0 aliphatic carbocycles. The largest absolute Gasteiger partial charge is 0.342 e. The molecule has 2 fully saturated rings. The Balaban J connectivity index is 1.34. The standard InChI is InChI=1S/C25H30N4O3S/c30-25(19-9-7-11-21(17-19)33(31,32)29-15-5-1-2-6-16-29)28-14-8-10-20(18-28)24-26-22-12-3-4-13-23(22)27-24/h3-4,7,9,11-13,17,20H,1-2,5-6,8,10,14-16,18H2,(H,26,27). The van der Waals surface area contributed by atoms with E-state index in [1.54, 1.807) is 28.6 Å². The number of nitrogens with zero attached hydrogens (tertiary/aromatic N) is 3. The van der Waals surface area contributed by atoms with E-state index in [9.17, 15) is 13.2 Å². The Kier molecular flexibility index (Phi) is 6.21. The maximum absolute atomic E-state index is 13.3. The molecular weight excluding hydrogens is 436 g/mol. The number of H-pyrrole nitrogens is 1. The van der Waals surface area contributed by atoms with Crippen LogP contribution in [0.1, 0.15) is 60.6 Å². The lowest BCUT2D eigenvalue weighted by atomic mass is 9.96. The summed E-state index contributed by atoms with van der Waals surface area (Å²) in [5.74, 6) is 0.925. The first-order valence-corrected chi connectivity index (χ1v) is 13.3. The summed E-state index contributed by atoms with van der Waals surface area (Å²) in [6, 6.07) is 14.5. The highest BCUT2D eigenvalue weighted by molar-refractivity contribution is 7.89. The number of carbonyl (C=O) groups is 1. The van der Waals surface area contributed by atoms with Crippen LogP contribution in [0.25, 0.3) is 11.0 Å². The highest BCUT2D eigenvalue weighted by Gasteiger charge is 2.29. The summed E-state index contributed by atoms with van der Waals surface area (Å²) in [6.07, 6.45) is 5.74. The molecule has 1 unspecified atom stereocenters. The zero-order chi connectivity index (χ0) is 22.8. The molecule has 0 saturated carbocycles. The summed E-state index contributed by atoms with van der Waals surface area (Å²) in [6.45, 7) is 2.33. The Labute approximate surface area is 194 Å². The van der Waals surface area contributed by atoms with E-state index in [0.29, 0.717) is 31.7 Å². The predicted octanol–water partition coefficient (Wildman–Crippen LogP) is 4.15. The van der Waals surface area contributed by atoms with Crippen LogP contribution in [0.5, 0.6) is 0 Å². The van der Waals surface area contributed by atoms with Crippen LogP contribution in [0.2, 0.25) is 0 Å².